The third kappa shape index (κ3) is 6.56. The van der Waals surface area contributed by atoms with Gasteiger partial charge in [0, 0.05) is 36.9 Å². The predicted molar refractivity (Wildman–Crippen MR) is 152 cm³/mol. The largest absolute Gasteiger partial charge is 0.489 e. The van der Waals surface area contributed by atoms with Crippen LogP contribution in [-0.2, 0) is 18.4 Å². The molecule has 0 N–H and O–H groups in total. The van der Waals surface area contributed by atoms with Gasteiger partial charge in [-0.25, -0.2) is 9.78 Å². The Morgan fingerprint density at radius 2 is 1.82 bits per heavy atom. The van der Waals surface area contributed by atoms with Gasteiger partial charge in [-0.2, -0.15) is 5.26 Å². The lowest BCUT2D eigenvalue weighted by Gasteiger charge is -2.26. The summed E-state index contributed by atoms with van der Waals surface area (Å²) in [5.41, 5.74) is 2.63. The first-order chi connectivity index (χ1) is 18.6. The van der Waals surface area contributed by atoms with E-state index in [9.17, 15) is 10.1 Å². The molecule has 4 rings (SSSR count). The van der Waals surface area contributed by atoms with Crippen molar-refractivity contribution in [1.82, 2.24) is 19.7 Å². The molecule has 10 heteroatoms. The van der Waals surface area contributed by atoms with E-state index < -0.39 is 11.7 Å². The van der Waals surface area contributed by atoms with Gasteiger partial charge in [0.25, 0.3) is 0 Å². The summed E-state index contributed by atoms with van der Waals surface area (Å²) in [4.78, 5) is 19.4. The molecule has 2 aromatic heterocycles. The summed E-state index contributed by atoms with van der Waals surface area (Å²) >= 11 is 4.36. The second-order valence-electron chi connectivity index (χ2n) is 9.80. The Balaban J connectivity index is 1.86. The molecule has 0 aliphatic heterocycles. The molecule has 0 aliphatic rings. The average Bonchev–Trinajstić information content (AvgIpc) is 3.24. The number of nitriles is 1. The highest BCUT2D eigenvalue weighted by molar-refractivity contribution is 7.80. The Hall–Kier alpha value is -4.36. The number of pyridine rings is 1. The minimum absolute atomic E-state index is 0.328. The van der Waals surface area contributed by atoms with Gasteiger partial charge >= 0.3 is 6.09 Å². The van der Waals surface area contributed by atoms with Gasteiger partial charge in [-0.15, -0.1) is 22.8 Å². The van der Waals surface area contributed by atoms with Crippen LogP contribution in [0.15, 0.2) is 65.8 Å². The molecular weight excluding hydrogens is 512 g/mol. The lowest BCUT2D eigenvalue weighted by atomic mass is 10.00. The van der Waals surface area contributed by atoms with Crippen LogP contribution in [0.4, 0.5) is 10.6 Å². The summed E-state index contributed by atoms with van der Waals surface area (Å²) in [5, 5.41) is 18.3. The first-order valence-corrected chi connectivity index (χ1v) is 12.9. The zero-order valence-electron chi connectivity index (χ0n) is 22.5. The number of nitrogens with zero attached hydrogens (tertiary/aromatic N) is 6. The van der Waals surface area contributed by atoms with Crippen LogP contribution in [0.25, 0.3) is 22.6 Å². The molecule has 0 saturated carbocycles. The number of hydrogen-bond donors (Lipinski definition) is 1. The van der Waals surface area contributed by atoms with E-state index in [2.05, 4.69) is 28.9 Å². The van der Waals surface area contributed by atoms with Gasteiger partial charge in [-0.1, -0.05) is 36.4 Å². The number of amides is 1. The van der Waals surface area contributed by atoms with Crippen molar-refractivity contribution < 1.29 is 14.3 Å². The van der Waals surface area contributed by atoms with E-state index in [1.165, 1.54) is 4.90 Å². The van der Waals surface area contributed by atoms with E-state index in [4.69, 9.17) is 14.5 Å². The van der Waals surface area contributed by atoms with Crippen LogP contribution in [0.2, 0.25) is 0 Å². The number of ether oxygens (including phenoxy) is 2. The maximum absolute atomic E-state index is 13.1. The first kappa shape index (κ1) is 27.7. The van der Waals surface area contributed by atoms with E-state index in [-0.39, 0.29) is 0 Å². The Morgan fingerprint density at radius 3 is 2.44 bits per heavy atom. The monoisotopic (exact) mass is 542 g/mol. The molecule has 0 bridgehead atoms. The lowest BCUT2D eigenvalue weighted by Crippen LogP contribution is -2.37. The lowest BCUT2D eigenvalue weighted by molar-refractivity contribution is 0.0581. The maximum atomic E-state index is 13.1. The fraction of sp³-hybridized carbons (Fsp3) is 0.276. The Morgan fingerprint density at radius 1 is 1.08 bits per heavy atom. The number of benzene rings is 2. The van der Waals surface area contributed by atoms with E-state index in [0.29, 0.717) is 58.1 Å². The molecule has 0 radical (unpaired) electrons. The summed E-state index contributed by atoms with van der Waals surface area (Å²) in [5.74, 6) is 1.41. The van der Waals surface area contributed by atoms with E-state index in [1.807, 2.05) is 58.0 Å². The Bertz CT molecular complexity index is 1520. The molecule has 4 aromatic rings. The molecule has 1 amide bonds. The van der Waals surface area contributed by atoms with Crippen LogP contribution in [0.1, 0.15) is 38.8 Å². The highest BCUT2D eigenvalue weighted by atomic mass is 32.1. The van der Waals surface area contributed by atoms with Crippen molar-refractivity contribution in [3.05, 3.63) is 71.8 Å². The molecule has 0 unspecified atom stereocenters. The zero-order chi connectivity index (χ0) is 28.2. The number of rotatable bonds is 7. The Labute approximate surface area is 233 Å². The predicted octanol–water partition coefficient (Wildman–Crippen LogP) is 6.04. The summed E-state index contributed by atoms with van der Waals surface area (Å²) in [6.07, 6.45) is -0.517. The third-order valence-corrected chi connectivity index (χ3v) is 6.15. The van der Waals surface area contributed by atoms with Crippen molar-refractivity contribution >= 4 is 24.5 Å². The number of carbonyl (C=O) groups excluding carboxylic acids is 1. The fourth-order valence-corrected chi connectivity index (χ4v) is 4.01. The van der Waals surface area contributed by atoms with Gasteiger partial charge in [-0.3, -0.25) is 4.90 Å². The van der Waals surface area contributed by atoms with Crippen LogP contribution >= 0.6 is 12.6 Å². The van der Waals surface area contributed by atoms with Crippen molar-refractivity contribution in [1.29, 1.82) is 5.26 Å². The van der Waals surface area contributed by atoms with Gasteiger partial charge in [0.15, 0.2) is 11.0 Å². The molecule has 9 nitrogen and oxygen atoms in total. The normalized spacial score (nSPS) is 11.1. The number of thiol groups is 1. The van der Waals surface area contributed by atoms with Crippen LogP contribution in [0, 0.1) is 11.3 Å². The number of aromatic nitrogens is 4. The minimum atomic E-state index is -0.676. The average molecular weight is 543 g/mol. The zero-order valence-corrected chi connectivity index (χ0v) is 23.4. The number of hydrogen-bond acceptors (Lipinski definition) is 8. The maximum Gasteiger partial charge on any atom is 0.415 e. The second kappa shape index (κ2) is 11.6. The molecule has 2 heterocycles. The van der Waals surface area contributed by atoms with Crippen LogP contribution in [-0.4, -0.2) is 38.0 Å². The molecule has 0 aliphatic carbocycles. The first-order valence-electron chi connectivity index (χ1n) is 12.4. The van der Waals surface area contributed by atoms with Crippen molar-refractivity contribution in [2.75, 3.05) is 11.4 Å². The van der Waals surface area contributed by atoms with Gasteiger partial charge < -0.3 is 14.0 Å². The van der Waals surface area contributed by atoms with Gasteiger partial charge in [0.05, 0.1) is 17.3 Å². The molecular formula is C29H30N6O3S. The van der Waals surface area contributed by atoms with Crippen LogP contribution in [0.3, 0.4) is 0 Å². The number of anilines is 1. The SMILES string of the molecule is CCN(C(=O)OC(C)(C)C)c1cc(OCc2ccccc2)cc(-c2ccc(C#N)cc2-c2nnc(S)n2C)n1. The highest BCUT2D eigenvalue weighted by Gasteiger charge is 2.25. The molecule has 0 spiro atoms. The molecule has 200 valence electrons. The third-order valence-electron chi connectivity index (χ3n) is 5.76. The van der Waals surface area contributed by atoms with E-state index in [1.54, 1.807) is 41.9 Å². The highest BCUT2D eigenvalue weighted by Crippen LogP contribution is 2.35. The summed E-state index contributed by atoms with van der Waals surface area (Å²) in [6.45, 7) is 7.96. The minimum Gasteiger partial charge on any atom is -0.489 e. The molecule has 39 heavy (non-hydrogen) atoms. The smallest absolute Gasteiger partial charge is 0.415 e. The topological polar surface area (TPSA) is 106 Å². The molecule has 2 aromatic carbocycles. The van der Waals surface area contributed by atoms with Crippen molar-refractivity contribution in [3.63, 3.8) is 0 Å². The second-order valence-corrected chi connectivity index (χ2v) is 10.2. The number of carbonyl (C=O) groups is 1. The van der Waals surface area contributed by atoms with Crippen molar-refractivity contribution in [2.24, 2.45) is 7.05 Å². The van der Waals surface area contributed by atoms with E-state index in [0.717, 1.165) is 5.56 Å². The van der Waals surface area contributed by atoms with Gasteiger partial charge in [0.2, 0.25) is 0 Å². The quantitative estimate of drug-likeness (QED) is 0.284. The summed E-state index contributed by atoms with van der Waals surface area (Å²) < 4.78 is 13.5. The van der Waals surface area contributed by atoms with Crippen molar-refractivity contribution in [3.8, 4) is 34.5 Å². The molecule has 0 fully saturated rings. The van der Waals surface area contributed by atoms with Crippen LogP contribution in [0.5, 0.6) is 5.75 Å². The van der Waals surface area contributed by atoms with Crippen LogP contribution < -0.4 is 9.64 Å². The van der Waals surface area contributed by atoms with Crippen molar-refractivity contribution in [2.45, 2.75) is 45.1 Å². The molecule has 0 atom stereocenters. The molecule has 0 saturated heterocycles. The standard InChI is InChI=1S/C29H30N6O3S/c1-6-35(28(36)38-29(2,3)4)25-16-21(37-18-19-10-8-7-9-11-19)15-24(31-25)22-13-12-20(17-30)14-23(22)26-32-33-27(39)34(26)5/h7-16H,6,18H2,1-5H3,(H,33,39). The van der Waals surface area contributed by atoms with E-state index >= 15 is 0 Å². The summed E-state index contributed by atoms with van der Waals surface area (Å²) in [6, 6.07) is 20.7. The fourth-order valence-electron chi connectivity index (χ4n) is 3.87. The van der Waals surface area contributed by atoms with Gasteiger partial charge in [-0.05, 0) is 45.4 Å². The summed E-state index contributed by atoms with van der Waals surface area (Å²) in [7, 11) is 1.79. The van der Waals surface area contributed by atoms with Gasteiger partial charge in [0.1, 0.15) is 23.8 Å². The Kier molecular flexibility index (Phi) is 8.21.